The molecule has 0 aliphatic rings. The van der Waals surface area contributed by atoms with Crippen LogP contribution in [0, 0.1) is 6.92 Å². The van der Waals surface area contributed by atoms with Crippen molar-refractivity contribution in [3.63, 3.8) is 0 Å². The van der Waals surface area contributed by atoms with Gasteiger partial charge in [0.25, 0.3) is 0 Å². The van der Waals surface area contributed by atoms with Crippen LogP contribution in [0.5, 0.6) is 0 Å². The predicted molar refractivity (Wildman–Crippen MR) is 80.6 cm³/mol. The van der Waals surface area contributed by atoms with Crippen molar-refractivity contribution in [3.8, 4) is 11.3 Å². The molecular formula is C15H18N2OS. The van der Waals surface area contributed by atoms with E-state index in [1.165, 1.54) is 23.8 Å². The second-order valence-electron chi connectivity index (χ2n) is 4.55. The third-order valence-electron chi connectivity index (χ3n) is 2.85. The highest BCUT2D eigenvalue weighted by atomic mass is 32.1. The van der Waals surface area contributed by atoms with E-state index >= 15 is 0 Å². The molecule has 0 saturated carbocycles. The van der Waals surface area contributed by atoms with Crippen molar-refractivity contribution in [2.75, 3.05) is 5.32 Å². The number of aryl methyl sites for hydroxylation is 2. The second-order valence-corrected chi connectivity index (χ2v) is 5.76. The molecule has 1 heterocycles. The molecule has 0 fully saturated rings. The number of thiazole rings is 1. The number of nitrogens with one attached hydrogen (secondary N) is 1. The van der Waals surface area contributed by atoms with E-state index in [-0.39, 0.29) is 5.91 Å². The van der Waals surface area contributed by atoms with Crippen LogP contribution in [0.25, 0.3) is 11.3 Å². The van der Waals surface area contributed by atoms with E-state index in [1.54, 1.807) is 0 Å². The van der Waals surface area contributed by atoms with Gasteiger partial charge in [-0.2, -0.15) is 0 Å². The molecule has 1 aromatic carbocycles. The summed E-state index contributed by atoms with van der Waals surface area (Å²) in [7, 11) is 0. The number of hydrogen-bond acceptors (Lipinski definition) is 3. The summed E-state index contributed by atoms with van der Waals surface area (Å²) in [5, 5.41) is 3.40. The smallest absolute Gasteiger partial charge is 0.223 e. The highest BCUT2D eigenvalue weighted by molar-refractivity contribution is 7.16. The van der Waals surface area contributed by atoms with Crippen LogP contribution < -0.4 is 5.32 Å². The normalized spacial score (nSPS) is 10.5. The topological polar surface area (TPSA) is 42.0 Å². The summed E-state index contributed by atoms with van der Waals surface area (Å²) in [4.78, 5) is 16.6. The lowest BCUT2D eigenvalue weighted by atomic mass is 10.1. The third-order valence-corrected chi connectivity index (χ3v) is 3.73. The number of aromatic nitrogens is 1. The third kappa shape index (κ3) is 3.41. The fraction of sp³-hybridized carbons (Fsp3) is 0.333. The van der Waals surface area contributed by atoms with E-state index in [0.29, 0.717) is 5.13 Å². The van der Waals surface area contributed by atoms with Crippen molar-refractivity contribution in [2.24, 2.45) is 0 Å². The Morgan fingerprint density at radius 2 is 2.00 bits per heavy atom. The second kappa shape index (κ2) is 5.97. The Morgan fingerprint density at radius 3 is 2.58 bits per heavy atom. The van der Waals surface area contributed by atoms with E-state index < -0.39 is 0 Å². The maximum Gasteiger partial charge on any atom is 0.223 e. The number of nitrogens with zero attached hydrogens (tertiary/aromatic N) is 1. The van der Waals surface area contributed by atoms with Crippen LogP contribution in [-0.2, 0) is 11.2 Å². The van der Waals surface area contributed by atoms with Crippen LogP contribution >= 0.6 is 11.3 Å². The van der Waals surface area contributed by atoms with Gasteiger partial charge >= 0.3 is 0 Å². The lowest BCUT2D eigenvalue weighted by molar-refractivity contribution is -0.114. The van der Waals surface area contributed by atoms with Crippen molar-refractivity contribution >= 4 is 22.4 Å². The molecule has 0 atom stereocenters. The van der Waals surface area contributed by atoms with Crippen LogP contribution in [0.4, 0.5) is 5.13 Å². The molecule has 1 N–H and O–H groups in total. The number of rotatable bonds is 4. The van der Waals surface area contributed by atoms with E-state index in [9.17, 15) is 4.79 Å². The van der Waals surface area contributed by atoms with Crippen LogP contribution in [0.3, 0.4) is 0 Å². The van der Waals surface area contributed by atoms with Gasteiger partial charge in [0.2, 0.25) is 5.91 Å². The number of anilines is 1. The minimum atomic E-state index is -0.0846. The van der Waals surface area contributed by atoms with Gasteiger partial charge in [0.15, 0.2) is 5.13 Å². The minimum Gasteiger partial charge on any atom is -0.302 e. The molecule has 1 aromatic heterocycles. The maximum absolute atomic E-state index is 11.0. The van der Waals surface area contributed by atoms with Crippen molar-refractivity contribution in [1.82, 2.24) is 4.98 Å². The van der Waals surface area contributed by atoms with E-state index in [4.69, 9.17) is 0 Å². The summed E-state index contributed by atoms with van der Waals surface area (Å²) in [6.07, 6.45) is 2.26. The van der Waals surface area contributed by atoms with Gasteiger partial charge in [-0.25, -0.2) is 4.98 Å². The fourth-order valence-corrected chi connectivity index (χ4v) is 2.87. The first-order valence-corrected chi connectivity index (χ1v) is 7.26. The Bertz CT molecular complexity index is 572. The summed E-state index contributed by atoms with van der Waals surface area (Å²) in [5.41, 5.74) is 3.41. The molecule has 3 nitrogen and oxygen atoms in total. The zero-order valence-corrected chi connectivity index (χ0v) is 12.3. The zero-order chi connectivity index (χ0) is 13.8. The molecule has 0 saturated heterocycles. The Kier molecular flexibility index (Phi) is 4.32. The first-order valence-electron chi connectivity index (χ1n) is 6.44. The molecule has 0 aliphatic carbocycles. The molecule has 0 unspecified atom stereocenters. The molecule has 0 radical (unpaired) electrons. The Balaban J connectivity index is 2.25. The monoisotopic (exact) mass is 274 g/mol. The van der Waals surface area contributed by atoms with Crippen molar-refractivity contribution in [2.45, 2.75) is 33.6 Å². The van der Waals surface area contributed by atoms with Crippen LogP contribution in [0.15, 0.2) is 24.3 Å². The summed E-state index contributed by atoms with van der Waals surface area (Å²) < 4.78 is 0. The standard InChI is InChI=1S/C15H18N2OS/c1-4-5-12-6-8-13(9-7-12)14-10(2)19-15(17-14)16-11(3)18/h6-9H,4-5H2,1-3H3,(H,16,17,18). The first-order chi connectivity index (χ1) is 9.10. The van der Waals surface area contributed by atoms with Crippen LogP contribution in [0.1, 0.15) is 30.7 Å². The number of hydrogen-bond donors (Lipinski definition) is 1. The summed E-state index contributed by atoms with van der Waals surface area (Å²) in [6.45, 7) is 5.70. The molecule has 2 rings (SSSR count). The van der Waals surface area contributed by atoms with Crippen molar-refractivity contribution in [1.29, 1.82) is 0 Å². The van der Waals surface area contributed by atoms with Gasteiger partial charge in [-0.15, -0.1) is 11.3 Å². The zero-order valence-electron chi connectivity index (χ0n) is 11.5. The number of benzene rings is 1. The molecule has 100 valence electrons. The van der Waals surface area contributed by atoms with Gasteiger partial charge in [0.1, 0.15) is 0 Å². The summed E-state index contributed by atoms with van der Waals surface area (Å²) in [5.74, 6) is -0.0846. The van der Waals surface area contributed by atoms with Crippen LogP contribution in [0.2, 0.25) is 0 Å². The molecule has 19 heavy (non-hydrogen) atoms. The average Bonchev–Trinajstić information content (AvgIpc) is 2.71. The molecular weight excluding hydrogens is 256 g/mol. The van der Waals surface area contributed by atoms with Gasteiger partial charge in [-0.1, -0.05) is 37.6 Å². The fourth-order valence-electron chi connectivity index (χ4n) is 1.99. The van der Waals surface area contributed by atoms with E-state index in [1.807, 2.05) is 6.92 Å². The SMILES string of the molecule is CCCc1ccc(-c2nc(NC(C)=O)sc2C)cc1. The average molecular weight is 274 g/mol. The highest BCUT2D eigenvalue weighted by Gasteiger charge is 2.10. The molecule has 4 heteroatoms. The Labute approximate surface area is 117 Å². The van der Waals surface area contributed by atoms with Gasteiger partial charge in [-0.05, 0) is 18.9 Å². The van der Waals surface area contributed by atoms with Gasteiger partial charge in [0.05, 0.1) is 5.69 Å². The Morgan fingerprint density at radius 1 is 1.32 bits per heavy atom. The molecule has 0 bridgehead atoms. The lowest BCUT2D eigenvalue weighted by Gasteiger charge is -2.02. The van der Waals surface area contributed by atoms with Crippen molar-refractivity contribution in [3.05, 3.63) is 34.7 Å². The largest absolute Gasteiger partial charge is 0.302 e. The van der Waals surface area contributed by atoms with Gasteiger partial charge in [0, 0.05) is 17.4 Å². The summed E-state index contributed by atoms with van der Waals surface area (Å²) >= 11 is 1.51. The maximum atomic E-state index is 11.0. The molecule has 2 aromatic rings. The van der Waals surface area contributed by atoms with E-state index in [2.05, 4.69) is 41.5 Å². The summed E-state index contributed by atoms with van der Waals surface area (Å²) in [6, 6.07) is 8.50. The quantitative estimate of drug-likeness (QED) is 0.914. The van der Waals surface area contributed by atoms with Crippen molar-refractivity contribution < 1.29 is 4.79 Å². The van der Waals surface area contributed by atoms with Gasteiger partial charge in [-0.3, -0.25) is 4.79 Å². The first kappa shape index (κ1) is 13.7. The van der Waals surface area contributed by atoms with Crippen LogP contribution in [-0.4, -0.2) is 10.9 Å². The Hall–Kier alpha value is -1.68. The predicted octanol–water partition coefficient (Wildman–Crippen LogP) is 4.03. The van der Waals surface area contributed by atoms with E-state index in [0.717, 1.165) is 29.0 Å². The molecule has 1 amide bonds. The number of amides is 1. The lowest BCUT2D eigenvalue weighted by Crippen LogP contribution is -2.04. The van der Waals surface area contributed by atoms with Gasteiger partial charge < -0.3 is 5.32 Å². The molecule has 0 spiro atoms. The molecule has 0 aliphatic heterocycles. The minimum absolute atomic E-state index is 0.0846. The number of carbonyl (C=O) groups excluding carboxylic acids is 1. The number of carbonyl (C=O) groups is 1. The highest BCUT2D eigenvalue weighted by Crippen LogP contribution is 2.30.